The van der Waals surface area contributed by atoms with Gasteiger partial charge in [-0.2, -0.15) is 0 Å². The van der Waals surface area contributed by atoms with Crippen LogP contribution in [0.15, 0.2) is 30.7 Å². The number of ether oxygens (including phenoxy) is 1. The molecule has 17 heavy (non-hydrogen) atoms. The molecule has 1 aliphatic rings. The first-order valence-corrected chi connectivity index (χ1v) is 5.69. The van der Waals surface area contributed by atoms with Crippen LogP contribution in [0.4, 0.5) is 0 Å². The lowest BCUT2D eigenvalue weighted by Crippen LogP contribution is -1.92. The fourth-order valence-electron chi connectivity index (χ4n) is 1.79. The van der Waals surface area contributed by atoms with E-state index in [1.54, 1.807) is 7.11 Å². The fraction of sp³-hybridized carbons (Fsp3) is 0.308. The van der Waals surface area contributed by atoms with Crippen molar-refractivity contribution in [1.29, 1.82) is 0 Å². The lowest BCUT2D eigenvalue weighted by atomic mass is 10.1. The predicted octanol–water partition coefficient (Wildman–Crippen LogP) is 2.42. The zero-order valence-electron chi connectivity index (χ0n) is 9.63. The van der Waals surface area contributed by atoms with Crippen molar-refractivity contribution in [2.45, 2.75) is 18.8 Å². The molecular formula is C13H13N3O. The van der Waals surface area contributed by atoms with Crippen LogP contribution in [0, 0.1) is 0 Å². The number of aromatic nitrogens is 3. The van der Waals surface area contributed by atoms with Crippen molar-refractivity contribution < 1.29 is 4.74 Å². The van der Waals surface area contributed by atoms with Crippen LogP contribution in [-0.2, 0) is 0 Å². The summed E-state index contributed by atoms with van der Waals surface area (Å²) >= 11 is 0. The Morgan fingerprint density at radius 1 is 1.18 bits per heavy atom. The second kappa shape index (κ2) is 4.13. The van der Waals surface area contributed by atoms with Gasteiger partial charge in [-0.25, -0.2) is 9.97 Å². The van der Waals surface area contributed by atoms with E-state index in [0.29, 0.717) is 11.8 Å². The topological polar surface area (TPSA) is 47.9 Å². The molecule has 4 heteroatoms. The summed E-state index contributed by atoms with van der Waals surface area (Å²) in [6.45, 7) is 0. The van der Waals surface area contributed by atoms with E-state index in [2.05, 4.69) is 27.1 Å². The molecule has 0 N–H and O–H groups in total. The van der Waals surface area contributed by atoms with Crippen molar-refractivity contribution in [2.24, 2.45) is 0 Å². The van der Waals surface area contributed by atoms with E-state index in [4.69, 9.17) is 4.74 Å². The van der Waals surface area contributed by atoms with Gasteiger partial charge in [0.05, 0.1) is 12.8 Å². The number of rotatable bonds is 3. The summed E-state index contributed by atoms with van der Waals surface area (Å²) in [7, 11) is 1.60. The molecule has 3 rings (SSSR count). The Hall–Kier alpha value is -1.97. The van der Waals surface area contributed by atoms with Crippen molar-refractivity contribution in [1.82, 2.24) is 15.0 Å². The van der Waals surface area contributed by atoms with Crippen LogP contribution >= 0.6 is 0 Å². The average Bonchev–Trinajstić information content (AvgIpc) is 3.23. The molecule has 2 heterocycles. The Kier molecular flexibility index (Phi) is 2.48. The van der Waals surface area contributed by atoms with Gasteiger partial charge in [0.2, 0.25) is 5.88 Å². The van der Waals surface area contributed by atoms with Crippen LogP contribution in [0.2, 0.25) is 0 Å². The van der Waals surface area contributed by atoms with Crippen molar-refractivity contribution in [3.8, 4) is 17.1 Å². The van der Waals surface area contributed by atoms with E-state index in [1.165, 1.54) is 24.9 Å². The normalized spacial score (nSPS) is 14.6. The molecule has 1 saturated carbocycles. The summed E-state index contributed by atoms with van der Waals surface area (Å²) < 4.78 is 5.08. The number of methoxy groups -OCH3 is 1. The molecule has 86 valence electrons. The molecule has 0 saturated heterocycles. The largest absolute Gasteiger partial charge is 0.481 e. The Morgan fingerprint density at radius 2 is 2.06 bits per heavy atom. The Bertz CT molecular complexity index is 520. The first-order chi connectivity index (χ1) is 8.36. The highest BCUT2D eigenvalue weighted by Crippen LogP contribution is 2.39. The van der Waals surface area contributed by atoms with Gasteiger partial charge in [-0.1, -0.05) is 0 Å². The molecular weight excluding hydrogens is 214 g/mol. The quantitative estimate of drug-likeness (QED) is 0.808. The molecule has 0 amide bonds. The van der Waals surface area contributed by atoms with Crippen molar-refractivity contribution in [3.63, 3.8) is 0 Å². The maximum atomic E-state index is 5.08. The second-order valence-corrected chi connectivity index (χ2v) is 4.19. The lowest BCUT2D eigenvalue weighted by molar-refractivity contribution is 0.397. The van der Waals surface area contributed by atoms with Gasteiger partial charge in [0.15, 0.2) is 0 Å². The molecule has 0 aromatic carbocycles. The van der Waals surface area contributed by atoms with Crippen molar-refractivity contribution >= 4 is 0 Å². The van der Waals surface area contributed by atoms with Gasteiger partial charge in [0.25, 0.3) is 0 Å². The molecule has 0 spiro atoms. The molecule has 0 radical (unpaired) electrons. The first-order valence-electron chi connectivity index (χ1n) is 5.69. The summed E-state index contributed by atoms with van der Waals surface area (Å²) in [6, 6.07) is 5.96. The third-order valence-corrected chi connectivity index (χ3v) is 2.93. The van der Waals surface area contributed by atoms with Gasteiger partial charge in [0.1, 0.15) is 6.33 Å². The molecule has 0 aliphatic heterocycles. The van der Waals surface area contributed by atoms with E-state index in [9.17, 15) is 0 Å². The maximum Gasteiger partial charge on any atom is 0.216 e. The molecule has 0 bridgehead atoms. The van der Waals surface area contributed by atoms with Crippen LogP contribution in [0.5, 0.6) is 5.88 Å². The molecule has 2 aromatic heterocycles. The summed E-state index contributed by atoms with van der Waals surface area (Å²) in [6.07, 6.45) is 5.92. The van der Waals surface area contributed by atoms with Gasteiger partial charge in [0, 0.05) is 29.4 Å². The van der Waals surface area contributed by atoms with Crippen LogP contribution in [0.1, 0.15) is 24.5 Å². The summed E-state index contributed by atoms with van der Waals surface area (Å²) in [5.41, 5.74) is 3.02. The van der Waals surface area contributed by atoms with E-state index < -0.39 is 0 Å². The standard InChI is InChI=1S/C13H13N3O/c1-17-13-6-12(15-8-16-13)10-4-5-11(14-7-10)9-2-3-9/h4-9H,2-3H2,1H3. The highest BCUT2D eigenvalue weighted by Gasteiger charge is 2.24. The minimum absolute atomic E-state index is 0.571. The minimum atomic E-state index is 0.571. The average molecular weight is 227 g/mol. The molecule has 2 aromatic rings. The third kappa shape index (κ3) is 2.11. The number of nitrogens with zero attached hydrogens (tertiary/aromatic N) is 3. The minimum Gasteiger partial charge on any atom is -0.481 e. The molecule has 1 fully saturated rings. The van der Waals surface area contributed by atoms with E-state index in [1.807, 2.05) is 12.3 Å². The van der Waals surface area contributed by atoms with Gasteiger partial charge < -0.3 is 4.74 Å². The predicted molar refractivity (Wildman–Crippen MR) is 63.8 cm³/mol. The molecule has 0 atom stereocenters. The Labute approximate surface area is 99.7 Å². The Morgan fingerprint density at radius 3 is 2.71 bits per heavy atom. The van der Waals surface area contributed by atoms with Crippen LogP contribution in [-0.4, -0.2) is 22.1 Å². The number of hydrogen-bond donors (Lipinski definition) is 0. The summed E-state index contributed by atoms with van der Waals surface area (Å²) in [5, 5.41) is 0. The third-order valence-electron chi connectivity index (χ3n) is 2.93. The zero-order valence-corrected chi connectivity index (χ0v) is 9.63. The molecule has 1 aliphatic carbocycles. The highest BCUT2D eigenvalue weighted by molar-refractivity contribution is 5.58. The molecule has 4 nitrogen and oxygen atoms in total. The lowest BCUT2D eigenvalue weighted by Gasteiger charge is -2.03. The van der Waals surface area contributed by atoms with E-state index >= 15 is 0 Å². The van der Waals surface area contributed by atoms with Gasteiger partial charge in [-0.05, 0) is 25.0 Å². The monoisotopic (exact) mass is 227 g/mol. The van der Waals surface area contributed by atoms with Crippen LogP contribution in [0.3, 0.4) is 0 Å². The van der Waals surface area contributed by atoms with Crippen LogP contribution in [0.25, 0.3) is 11.3 Å². The van der Waals surface area contributed by atoms with Gasteiger partial charge in [-0.3, -0.25) is 4.98 Å². The smallest absolute Gasteiger partial charge is 0.216 e. The summed E-state index contributed by atoms with van der Waals surface area (Å²) in [4.78, 5) is 12.7. The van der Waals surface area contributed by atoms with Crippen molar-refractivity contribution in [3.05, 3.63) is 36.4 Å². The zero-order chi connectivity index (χ0) is 11.7. The second-order valence-electron chi connectivity index (χ2n) is 4.19. The van der Waals surface area contributed by atoms with Crippen LogP contribution < -0.4 is 4.74 Å². The number of hydrogen-bond acceptors (Lipinski definition) is 4. The fourth-order valence-corrected chi connectivity index (χ4v) is 1.79. The van der Waals surface area contributed by atoms with E-state index in [0.717, 1.165) is 11.3 Å². The molecule has 0 unspecified atom stereocenters. The Balaban J connectivity index is 1.91. The first kappa shape index (κ1) is 10.2. The number of pyridine rings is 1. The van der Waals surface area contributed by atoms with Gasteiger partial charge in [-0.15, -0.1) is 0 Å². The van der Waals surface area contributed by atoms with E-state index in [-0.39, 0.29) is 0 Å². The maximum absolute atomic E-state index is 5.08. The SMILES string of the molecule is COc1cc(-c2ccc(C3CC3)nc2)ncn1. The summed E-state index contributed by atoms with van der Waals surface area (Å²) in [5.74, 6) is 1.25. The van der Waals surface area contributed by atoms with Crippen molar-refractivity contribution in [2.75, 3.05) is 7.11 Å². The van der Waals surface area contributed by atoms with Gasteiger partial charge >= 0.3 is 0 Å². The highest BCUT2D eigenvalue weighted by atomic mass is 16.5.